The maximum atomic E-state index is 13.8. The number of hydrogen-bond acceptors (Lipinski definition) is 1. The maximum Gasteiger partial charge on any atom is 0.216 e. The molecule has 1 N–H and O–H groups in total. The van der Waals surface area contributed by atoms with Crippen LogP contribution in [0.2, 0.25) is 5.02 Å². The van der Waals surface area contributed by atoms with Crippen molar-refractivity contribution < 1.29 is 4.57 Å². The van der Waals surface area contributed by atoms with Gasteiger partial charge in [-0.25, -0.2) is 0 Å². The van der Waals surface area contributed by atoms with E-state index in [1.54, 1.807) is 18.2 Å². The molecule has 0 fully saturated rings. The van der Waals surface area contributed by atoms with E-state index in [9.17, 15) is 4.57 Å². The van der Waals surface area contributed by atoms with Crippen LogP contribution < -0.4 is 5.09 Å². The molecule has 0 saturated heterocycles. The summed E-state index contributed by atoms with van der Waals surface area (Å²) < 4.78 is 13.8. The standard InChI is InChI=1S/C22H17Cl3NOP/c23-19-13-7-8-14-22(19)26-28(27,15-20(24)17-9-3-1-4-10-17)16-21(25)18-11-5-2-6-12-18/h1-16H,(H,26,27)/b20-15+,21-16?. The third-order valence-electron chi connectivity index (χ3n) is 3.88. The summed E-state index contributed by atoms with van der Waals surface area (Å²) in [5, 5.41) is 4.20. The topological polar surface area (TPSA) is 29.1 Å². The van der Waals surface area contributed by atoms with Gasteiger partial charge >= 0.3 is 0 Å². The fraction of sp³-hybridized carbons (Fsp3) is 0. The minimum absolute atomic E-state index is 0.359. The lowest BCUT2D eigenvalue weighted by Gasteiger charge is -2.16. The fourth-order valence-electron chi connectivity index (χ4n) is 2.52. The number of para-hydroxylation sites is 1. The lowest BCUT2D eigenvalue weighted by Crippen LogP contribution is -1.95. The summed E-state index contributed by atoms with van der Waals surface area (Å²) in [7, 11) is -3.33. The van der Waals surface area contributed by atoms with Gasteiger partial charge in [0, 0.05) is 11.6 Å². The zero-order valence-corrected chi connectivity index (χ0v) is 17.9. The molecule has 3 rings (SSSR count). The van der Waals surface area contributed by atoms with Gasteiger partial charge in [-0.05, 0) is 23.3 Å². The summed E-state index contributed by atoms with van der Waals surface area (Å²) in [5.74, 6) is 3.00. The smallest absolute Gasteiger partial charge is 0.216 e. The molecule has 0 spiro atoms. The monoisotopic (exact) mass is 447 g/mol. The second-order valence-corrected chi connectivity index (χ2v) is 9.37. The Kier molecular flexibility index (Phi) is 7.04. The Hall–Kier alpha value is -1.96. The van der Waals surface area contributed by atoms with E-state index in [0.29, 0.717) is 20.8 Å². The third kappa shape index (κ3) is 5.53. The van der Waals surface area contributed by atoms with Gasteiger partial charge in [0.2, 0.25) is 7.29 Å². The molecule has 0 amide bonds. The molecule has 28 heavy (non-hydrogen) atoms. The molecule has 0 aliphatic rings. The van der Waals surface area contributed by atoms with Crippen LogP contribution in [0.5, 0.6) is 0 Å². The summed E-state index contributed by atoms with van der Waals surface area (Å²) >= 11 is 19.2. The van der Waals surface area contributed by atoms with Crippen molar-refractivity contribution in [2.45, 2.75) is 0 Å². The Morgan fingerprint density at radius 2 is 1.14 bits per heavy atom. The van der Waals surface area contributed by atoms with Crippen LogP contribution in [0.15, 0.2) is 96.6 Å². The van der Waals surface area contributed by atoms with E-state index in [2.05, 4.69) is 5.09 Å². The second-order valence-electron chi connectivity index (χ2n) is 5.99. The first-order valence-electron chi connectivity index (χ1n) is 8.47. The Morgan fingerprint density at radius 1 is 0.714 bits per heavy atom. The van der Waals surface area contributed by atoms with Crippen LogP contribution in [0, 0.1) is 0 Å². The Balaban J connectivity index is 2.05. The van der Waals surface area contributed by atoms with Gasteiger partial charge in [-0.2, -0.15) is 0 Å². The Labute approximate surface area is 179 Å². The summed E-state index contributed by atoms with van der Waals surface area (Å²) in [5.41, 5.74) is 2.05. The zero-order chi connectivity index (χ0) is 20.0. The highest BCUT2D eigenvalue weighted by Crippen LogP contribution is 2.54. The van der Waals surface area contributed by atoms with Crippen molar-refractivity contribution in [2.75, 3.05) is 5.09 Å². The van der Waals surface area contributed by atoms with E-state index in [1.165, 1.54) is 11.6 Å². The summed E-state index contributed by atoms with van der Waals surface area (Å²) in [6, 6.07) is 25.7. The molecule has 3 aromatic rings. The van der Waals surface area contributed by atoms with E-state index < -0.39 is 7.29 Å². The van der Waals surface area contributed by atoms with Crippen molar-refractivity contribution in [1.82, 2.24) is 0 Å². The molecule has 0 aromatic heterocycles. The van der Waals surface area contributed by atoms with Crippen molar-refractivity contribution in [3.63, 3.8) is 0 Å². The van der Waals surface area contributed by atoms with Crippen LogP contribution in [0.3, 0.4) is 0 Å². The van der Waals surface area contributed by atoms with Gasteiger partial charge in [0.15, 0.2) is 0 Å². The minimum atomic E-state index is -3.33. The molecule has 0 aliphatic heterocycles. The highest BCUT2D eigenvalue weighted by atomic mass is 35.5. The second kappa shape index (κ2) is 9.49. The lowest BCUT2D eigenvalue weighted by atomic mass is 10.2. The van der Waals surface area contributed by atoms with Gasteiger partial charge in [-0.15, -0.1) is 0 Å². The van der Waals surface area contributed by atoms with Gasteiger partial charge in [0.1, 0.15) is 0 Å². The predicted octanol–water partition coefficient (Wildman–Crippen LogP) is 8.50. The first-order valence-corrected chi connectivity index (χ1v) is 11.4. The summed E-state index contributed by atoms with van der Waals surface area (Å²) in [6.07, 6.45) is 0. The van der Waals surface area contributed by atoms with Crippen LogP contribution in [-0.2, 0) is 4.57 Å². The predicted molar refractivity (Wildman–Crippen MR) is 123 cm³/mol. The highest BCUT2D eigenvalue weighted by Gasteiger charge is 2.20. The molecule has 3 aromatic carbocycles. The number of rotatable bonds is 6. The first-order chi connectivity index (χ1) is 13.5. The number of nitrogens with one attached hydrogen (secondary N) is 1. The zero-order valence-electron chi connectivity index (χ0n) is 14.7. The van der Waals surface area contributed by atoms with Crippen LogP contribution in [-0.4, -0.2) is 0 Å². The molecule has 1 atom stereocenters. The van der Waals surface area contributed by atoms with Crippen molar-refractivity contribution in [3.8, 4) is 0 Å². The number of hydrogen-bond donors (Lipinski definition) is 1. The van der Waals surface area contributed by atoms with Crippen molar-refractivity contribution in [1.29, 1.82) is 0 Å². The number of halogens is 3. The van der Waals surface area contributed by atoms with Gasteiger partial charge in [0.25, 0.3) is 0 Å². The van der Waals surface area contributed by atoms with E-state index in [-0.39, 0.29) is 0 Å². The van der Waals surface area contributed by atoms with E-state index in [4.69, 9.17) is 34.8 Å². The summed E-state index contributed by atoms with van der Waals surface area (Å²) in [6.45, 7) is 0. The van der Waals surface area contributed by atoms with Gasteiger partial charge < -0.3 is 5.09 Å². The largest absolute Gasteiger partial charge is 0.329 e. The molecule has 0 radical (unpaired) electrons. The molecular formula is C22H17Cl3NOP. The molecule has 6 heteroatoms. The molecule has 1 unspecified atom stereocenters. The van der Waals surface area contributed by atoms with E-state index >= 15 is 0 Å². The summed E-state index contributed by atoms with van der Waals surface area (Å²) in [4.78, 5) is 0. The average Bonchev–Trinajstić information content (AvgIpc) is 2.71. The third-order valence-corrected chi connectivity index (χ3v) is 7.04. The molecular weight excluding hydrogens is 432 g/mol. The molecule has 0 heterocycles. The highest BCUT2D eigenvalue weighted by molar-refractivity contribution is 7.72. The Morgan fingerprint density at radius 3 is 1.61 bits per heavy atom. The van der Waals surface area contributed by atoms with Crippen molar-refractivity contribution in [3.05, 3.63) is 113 Å². The fourth-order valence-corrected chi connectivity index (χ4v) is 5.64. The normalized spacial score (nSPS) is 14.4. The first kappa shape index (κ1) is 20.8. The van der Waals surface area contributed by atoms with Crippen LogP contribution in [0.4, 0.5) is 5.69 Å². The molecule has 0 saturated carbocycles. The van der Waals surface area contributed by atoms with Crippen LogP contribution >= 0.6 is 42.1 Å². The van der Waals surface area contributed by atoms with E-state index in [1.807, 2.05) is 66.7 Å². The SMILES string of the molecule is O=P(C=C(Cl)c1ccccc1)(/C=C(/Cl)c1ccccc1)Nc1ccccc1Cl. The van der Waals surface area contributed by atoms with Gasteiger partial charge in [0.05, 0.1) is 20.8 Å². The molecule has 0 bridgehead atoms. The lowest BCUT2D eigenvalue weighted by molar-refractivity contribution is 0.589. The average molecular weight is 449 g/mol. The van der Waals surface area contributed by atoms with Crippen LogP contribution in [0.1, 0.15) is 11.1 Å². The van der Waals surface area contributed by atoms with Gasteiger partial charge in [-0.1, -0.05) is 108 Å². The van der Waals surface area contributed by atoms with Crippen LogP contribution in [0.25, 0.3) is 10.1 Å². The maximum absolute atomic E-state index is 13.8. The van der Waals surface area contributed by atoms with E-state index in [0.717, 1.165) is 11.1 Å². The number of benzene rings is 3. The number of anilines is 1. The van der Waals surface area contributed by atoms with Gasteiger partial charge in [-0.3, -0.25) is 4.57 Å². The quantitative estimate of drug-likeness (QED) is 0.383. The minimum Gasteiger partial charge on any atom is -0.329 e. The van der Waals surface area contributed by atoms with Crippen molar-refractivity contribution >= 4 is 57.8 Å². The Bertz CT molecular complexity index is 990. The molecule has 142 valence electrons. The molecule has 0 aliphatic carbocycles. The molecule has 2 nitrogen and oxygen atoms in total. The van der Waals surface area contributed by atoms with Crippen molar-refractivity contribution in [2.24, 2.45) is 0 Å².